The largest absolute Gasteiger partial charge is 0.451 e. The molecule has 1 amide bonds. The summed E-state index contributed by atoms with van der Waals surface area (Å²) in [5.41, 5.74) is 1.60. The number of rotatable bonds is 6. The maximum atomic E-state index is 12.3. The summed E-state index contributed by atoms with van der Waals surface area (Å²) in [5.74, 6) is -0.353. The molecule has 28 heavy (non-hydrogen) atoms. The number of fused-ring (bicyclic) bond motifs is 1. The lowest BCUT2D eigenvalue weighted by Gasteiger charge is -2.19. The molecule has 0 bridgehead atoms. The number of nitrogens with two attached hydrogens (primary N) is 1. The quantitative estimate of drug-likeness (QED) is 0.695. The number of thiophene rings is 1. The average Bonchev–Trinajstić information content (AvgIpc) is 3.09. The van der Waals surface area contributed by atoms with Crippen LogP contribution < -0.4 is 10.5 Å². The molecule has 3 rings (SSSR count). The van der Waals surface area contributed by atoms with Gasteiger partial charge in [-0.2, -0.15) is 0 Å². The lowest BCUT2D eigenvalue weighted by molar-refractivity contribution is -0.119. The Kier molecular flexibility index (Phi) is 6.17. The molecule has 9 heteroatoms. The SMILES string of the molecule is CC[C@@H]1CCc2sc(C(=O)OCC(=O)Nc3ccc(S(N)(=O)=O)cc3)cc2C1. The number of primary sulfonamides is 1. The van der Waals surface area contributed by atoms with E-state index in [1.54, 1.807) is 0 Å². The third-order valence-corrected chi connectivity index (χ3v) is 6.91. The Balaban J connectivity index is 1.53. The molecule has 1 heterocycles. The maximum absolute atomic E-state index is 12.3. The number of aryl methyl sites for hydroxylation is 1. The number of hydrogen-bond acceptors (Lipinski definition) is 6. The van der Waals surface area contributed by atoms with Crippen molar-refractivity contribution in [2.45, 2.75) is 37.5 Å². The van der Waals surface area contributed by atoms with Crippen molar-refractivity contribution >= 4 is 38.9 Å². The first-order valence-corrected chi connectivity index (χ1v) is 11.3. The summed E-state index contributed by atoms with van der Waals surface area (Å²) in [6.45, 7) is 1.76. The Bertz CT molecular complexity index is 980. The van der Waals surface area contributed by atoms with Crippen molar-refractivity contribution in [3.05, 3.63) is 45.6 Å². The first-order chi connectivity index (χ1) is 13.3. The van der Waals surface area contributed by atoms with Crippen LogP contribution in [-0.2, 0) is 32.4 Å². The van der Waals surface area contributed by atoms with E-state index in [2.05, 4.69) is 12.2 Å². The van der Waals surface area contributed by atoms with Gasteiger partial charge in [0.05, 0.1) is 4.90 Å². The van der Waals surface area contributed by atoms with Crippen LogP contribution in [0, 0.1) is 5.92 Å². The Hall–Kier alpha value is -2.23. The first kappa shape index (κ1) is 20.5. The Morgan fingerprint density at radius 3 is 2.64 bits per heavy atom. The van der Waals surface area contributed by atoms with Crippen molar-refractivity contribution in [2.24, 2.45) is 11.1 Å². The zero-order chi connectivity index (χ0) is 20.3. The number of carbonyl (C=O) groups is 2. The Morgan fingerprint density at radius 2 is 2.00 bits per heavy atom. The molecule has 7 nitrogen and oxygen atoms in total. The van der Waals surface area contributed by atoms with E-state index in [9.17, 15) is 18.0 Å². The molecule has 1 atom stereocenters. The third-order valence-electron chi connectivity index (χ3n) is 4.76. The lowest BCUT2D eigenvalue weighted by atomic mass is 9.87. The maximum Gasteiger partial charge on any atom is 0.348 e. The van der Waals surface area contributed by atoms with Crippen LogP contribution in [0.2, 0.25) is 0 Å². The molecule has 0 unspecified atom stereocenters. The fourth-order valence-corrected chi connectivity index (χ4v) is 4.79. The van der Waals surface area contributed by atoms with Crippen LogP contribution in [-0.4, -0.2) is 26.9 Å². The predicted molar refractivity (Wildman–Crippen MR) is 107 cm³/mol. The molecule has 0 saturated carbocycles. The van der Waals surface area contributed by atoms with Gasteiger partial charge >= 0.3 is 5.97 Å². The zero-order valence-electron chi connectivity index (χ0n) is 15.4. The molecule has 0 saturated heterocycles. The molecule has 1 aromatic heterocycles. The van der Waals surface area contributed by atoms with Crippen molar-refractivity contribution < 1.29 is 22.7 Å². The van der Waals surface area contributed by atoms with E-state index >= 15 is 0 Å². The summed E-state index contributed by atoms with van der Waals surface area (Å²) >= 11 is 1.44. The van der Waals surface area contributed by atoms with Crippen molar-refractivity contribution in [2.75, 3.05) is 11.9 Å². The van der Waals surface area contributed by atoms with Gasteiger partial charge in [0, 0.05) is 10.6 Å². The van der Waals surface area contributed by atoms with Crippen LogP contribution in [0.4, 0.5) is 5.69 Å². The molecule has 2 aromatic rings. The number of ether oxygens (including phenoxy) is 1. The van der Waals surface area contributed by atoms with E-state index in [1.165, 1.54) is 46.0 Å². The summed E-state index contributed by atoms with van der Waals surface area (Å²) in [6, 6.07) is 7.29. The minimum absolute atomic E-state index is 0.0519. The van der Waals surface area contributed by atoms with E-state index in [1.807, 2.05) is 6.07 Å². The summed E-state index contributed by atoms with van der Waals surface area (Å²) in [4.78, 5) is 25.9. The molecular formula is C19H22N2O5S2. The van der Waals surface area contributed by atoms with Crippen LogP contribution in [0.15, 0.2) is 35.2 Å². The van der Waals surface area contributed by atoms with Gasteiger partial charge in [0.25, 0.3) is 5.91 Å². The fourth-order valence-electron chi connectivity index (χ4n) is 3.18. The van der Waals surface area contributed by atoms with Gasteiger partial charge in [-0.1, -0.05) is 13.3 Å². The van der Waals surface area contributed by atoms with Crippen molar-refractivity contribution in [3.63, 3.8) is 0 Å². The van der Waals surface area contributed by atoms with Crippen LogP contribution in [0.5, 0.6) is 0 Å². The van der Waals surface area contributed by atoms with E-state index in [0.29, 0.717) is 16.5 Å². The standard InChI is InChI=1S/C19H22N2O5S2/c1-2-12-3-8-16-13(9-12)10-17(27-16)19(23)26-11-18(22)21-14-4-6-15(7-5-14)28(20,24)25/h4-7,10,12H,2-3,8-9,11H2,1H3,(H,21,22)(H2,20,24,25)/t12-/m1/s1. The predicted octanol–water partition coefficient (Wildman–Crippen LogP) is 2.71. The fraction of sp³-hybridized carbons (Fsp3) is 0.368. The number of carbonyl (C=O) groups excluding carboxylic acids is 2. The molecule has 0 radical (unpaired) electrons. The minimum atomic E-state index is -3.79. The molecule has 150 valence electrons. The molecular weight excluding hydrogens is 400 g/mol. The van der Waals surface area contributed by atoms with E-state index in [4.69, 9.17) is 9.88 Å². The highest BCUT2D eigenvalue weighted by Gasteiger charge is 2.23. The topological polar surface area (TPSA) is 116 Å². The molecule has 3 N–H and O–H groups in total. The lowest BCUT2D eigenvalue weighted by Crippen LogP contribution is -2.20. The van der Waals surface area contributed by atoms with Gasteiger partial charge in [0.1, 0.15) is 4.88 Å². The minimum Gasteiger partial charge on any atom is -0.451 e. The molecule has 0 spiro atoms. The van der Waals surface area contributed by atoms with Gasteiger partial charge in [-0.3, -0.25) is 4.79 Å². The summed E-state index contributed by atoms with van der Waals surface area (Å²) in [7, 11) is -3.79. The molecule has 0 aliphatic heterocycles. The zero-order valence-corrected chi connectivity index (χ0v) is 17.1. The number of esters is 1. The van der Waals surface area contributed by atoms with Crippen LogP contribution in [0.1, 0.15) is 39.9 Å². The number of amides is 1. The van der Waals surface area contributed by atoms with E-state index in [0.717, 1.165) is 25.7 Å². The summed E-state index contributed by atoms with van der Waals surface area (Å²) in [6.07, 6.45) is 4.25. The van der Waals surface area contributed by atoms with Gasteiger partial charge in [0.15, 0.2) is 6.61 Å². The van der Waals surface area contributed by atoms with Gasteiger partial charge in [0.2, 0.25) is 10.0 Å². The van der Waals surface area contributed by atoms with E-state index < -0.39 is 28.5 Å². The molecule has 1 aromatic carbocycles. The van der Waals surface area contributed by atoms with Crippen LogP contribution >= 0.6 is 11.3 Å². The Morgan fingerprint density at radius 1 is 1.29 bits per heavy atom. The molecule has 1 aliphatic carbocycles. The highest BCUT2D eigenvalue weighted by Crippen LogP contribution is 2.33. The number of sulfonamides is 1. The second-order valence-electron chi connectivity index (χ2n) is 6.77. The normalized spacial score (nSPS) is 16.3. The van der Waals surface area contributed by atoms with Gasteiger partial charge in [-0.25, -0.2) is 18.4 Å². The highest BCUT2D eigenvalue weighted by atomic mass is 32.2. The Labute approximate surface area is 167 Å². The second-order valence-corrected chi connectivity index (χ2v) is 9.47. The van der Waals surface area contributed by atoms with Crippen molar-refractivity contribution in [1.82, 2.24) is 0 Å². The highest BCUT2D eigenvalue weighted by molar-refractivity contribution is 7.89. The third kappa shape index (κ3) is 4.98. The number of anilines is 1. The number of nitrogens with one attached hydrogen (secondary N) is 1. The van der Waals surface area contributed by atoms with Crippen molar-refractivity contribution in [3.8, 4) is 0 Å². The molecule has 1 aliphatic rings. The van der Waals surface area contributed by atoms with Gasteiger partial charge in [-0.15, -0.1) is 11.3 Å². The molecule has 0 fully saturated rings. The summed E-state index contributed by atoms with van der Waals surface area (Å²) in [5, 5.41) is 7.57. The van der Waals surface area contributed by atoms with Crippen LogP contribution in [0.25, 0.3) is 0 Å². The monoisotopic (exact) mass is 422 g/mol. The van der Waals surface area contributed by atoms with Crippen molar-refractivity contribution in [1.29, 1.82) is 0 Å². The van der Waals surface area contributed by atoms with Crippen LogP contribution in [0.3, 0.4) is 0 Å². The summed E-state index contributed by atoms with van der Waals surface area (Å²) < 4.78 is 27.6. The van der Waals surface area contributed by atoms with Gasteiger partial charge < -0.3 is 10.1 Å². The number of hydrogen-bond donors (Lipinski definition) is 2. The smallest absolute Gasteiger partial charge is 0.348 e. The average molecular weight is 423 g/mol. The first-order valence-electron chi connectivity index (χ1n) is 8.97. The number of benzene rings is 1. The van der Waals surface area contributed by atoms with E-state index in [-0.39, 0.29) is 4.90 Å². The second kappa shape index (κ2) is 8.42. The van der Waals surface area contributed by atoms with Gasteiger partial charge in [-0.05, 0) is 61.1 Å².